The molecule has 142 valence electrons. The van der Waals surface area contributed by atoms with E-state index in [1.807, 2.05) is 4.90 Å². The van der Waals surface area contributed by atoms with E-state index in [4.69, 9.17) is 0 Å². The van der Waals surface area contributed by atoms with Gasteiger partial charge in [-0.1, -0.05) is 0 Å². The summed E-state index contributed by atoms with van der Waals surface area (Å²) < 4.78 is 13.1. The third kappa shape index (κ3) is 4.02. The van der Waals surface area contributed by atoms with Crippen LogP contribution in [0, 0.1) is 11.7 Å². The van der Waals surface area contributed by atoms with Crippen LogP contribution >= 0.6 is 0 Å². The fourth-order valence-corrected chi connectivity index (χ4v) is 3.91. The van der Waals surface area contributed by atoms with Gasteiger partial charge in [-0.3, -0.25) is 4.79 Å². The van der Waals surface area contributed by atoms with Gasteiger partial charge in [0.05, 0.1) is 5.92 Å². The number of anilines is 2. The molecule has 1 aromatic heterocycles. The van der Waals surface area contributed by atoms with Crippen LogP contribution in [0.2, 0.25) is 0 Å². The van der Waals surface area contributed by atoms with Crippen molar-refractivity contribution in [2.75, 3.05) is 49.1 Å². The number of amides is 1. The molecule has 0 unspecified atom stereocenters. The van der Waals surface area contributed by atoms with Crippen LogP contribution in [0.15, 0.2) is 42.7 Å². The van der Waals surface area contributed by atoms with Gasteiger partial charge in [-0.05, 0) is 43.2 Å². The Kier molecular flexibility index (Phi) is 5.18. The molecule has 2 aliphatic heterocycles. The van der Waals surface area contributed by atoms with E-state index in [1.54, 1.807) is 30.6 Å². The molecule has 1 aromatic carbocycles. The number of halogens is 1. The summed E-state index contributed by atoms with van der Waals surface area (Å²) in [7, 11) is 0. The van der Waals surface area contributed by atoms with Crippen LogP contribution in [-0.4, -0.2) is 60.0 Å². The predicted octanol–water partition coefficient (Wildman–Crippen LogP) is 2.18. The number of aromatic nitrogens is 2. The van der Waals surface area contributed by atoms with E-state index >= 15 is 0 Å². The third-order valence-electron chi connectivity index (χ3n) is 5.39. The Hall–Kier alpha value is -2.70. The molecular formula is C20H24FN5O. The minimum Gasteiger partial charge on any atom is -0.368 e. The molecule has 0 bridgehead atoms. The number of piperazine rings is 1. The van der Waals surface area contributed by atoms with E-state index in [0.29, 0.717) is 25.6 Å². The van der Waals surface area contributed by atoms with Gasteiger partial charge in [0, 0.05) is 57.3 Å². The first-order valence-corrected chi connectivity index (χ1v) is 9.52. The maximum absolute atomic E-state index is 13.1. The van der Waals surface area contributed by atoms with E-state index in [0.717, 1.165) is 38.2 Å². The molecule has 2 aromatic rings. The highest BCUT2D eigenvalue weighted by atomic mass is 19.1. The standard InChI is InChI=1S/C20H24FN5O/c21-17-4-6-18(7-5-17)24-11-13-25(14-12-24)19(27)16-3-1-10-26(15-16)20-22-8-2-9-23-20/h2,4-9,16H,1,3,10-15H2/t16-/m0/s1. The number of carbonyl (C=O) groups excluding carboxylic acids is 1. The maximum atomic E-state index is 13.1. The maximum Gasteiger partial charge on any atom is 0.227 e. The van der Waals surface area contributed by atoms with Crippen molar-refractivity contribution in [3.8, 4) is 0 Å². The monoisotopic (exact) mass is 369 g/mol. The molecule has 2 fully saturated rings. The molecule has 1 amide bonds. The van der Waals surface area contributed by atoms with E-state index < -0.39 is 0 Å². The zero-order valence-corrected chi connectivity index (χ0v) is 15.3. The molecule has 2 aliphatic rings. The highest BCUT2D eigenvalue weighted by Crippen LogP contribution is 2.23. The van der Waals surface area contributed by atoms with E-state index in [1.165, 1.54) is 12.1 Å². The van der Waals surface area contributed by atoms with Gasteiger partial charge in [0.25, 0.3) is 0 Å². The molecule has 2 saturated heterocycles. The topological polar surface area (TPSA) is 52.6 Å². The molecule has 0 N–H and O–H groups in total. The first kappa shape index (κ1) is 17.7. The Labute approximate surface area is 158 Å². The number of carbonyl (C=O) groups is 1. The van der Waals surface area contributed by atoms with E-state index in [-0.39, 0.29) is 17.6 Å². The Bertz CT molecular complexity index is 762. The predicted molar refractivity (Wildman–Crippen MR) is 102 cm³/mol. The minimum atomic E-state index is -0.225. The quantitative estimate of drug-likeness (QED) is 0.830. The molecule has 3 heterocycles. The largest absolute Gasteiger partial charge is 0.368 e. The van der Waals surface area contributed by atoms with Gasteiger partial charge < -0.3 is 14.7 Å². The highest BCUT2D eigenvalue weighted by molar-refractivity contribution is 5.80. The molecule has 0 spiro atoms. The van der Waals surface area contributed by atoms with Crippen molar-refractivity contribution in [3.05, 3.63) is 48.5 Å². The van der Waals surface area contributed by atoms with Crippen molar-refractivity contribution in [3.63, 3.8) is 0 Å². The van der Waals surface area contributed by atoms with Gasteiger partial charge >= 0.3 is 0 Å². The lowest BCUT2D eigenvalue weighted by atomic mass is 9.96. The molecule has 7 heteroatoms. The van der Waals surface area contributed by atoms with Crippen LogP contribution in [0.25, 0.3) is 0 Å². The normalized spacial score (nSPS) is 20.6. The lowest BCUT2D eigenvalue weighted by molar-refractivity contribution is -0.136. The van der Waals surface area contributed by atoms with Crippen molar-refractivity contribution in [2.24, 2.45) is 5.92 Å². The number of hydrogen-bond donors (Lipinski definition) is 0. The second-order valence-corrected chi connectivity index (χ2v) is 7.12. The first-order chi connectivity index (χ1) is 13.2. The third-order valence-corrected chi connectivity index (χ3v) is 5.39. The van der Waals surface area contributed by atoms with Gasteiger partial charge in [-0.2, -0.15) is 0 Å². The van der Waals surface area contributed by atoms with Crippen molar-refractivity contribution >= 4 is 17.5 Å². The molecule has 1 atom stereocenters. The highest BCUT2D eigenvalue weighted by Gasteiger charge is 2.31. The summed E-state index contributed by atoms with van der Waals surface area (Å²) in [6.07, 6.45) is 5.37. The van der Waals surface area contributed by atoms with Gasteiger partial charge in [-0.25, -0.2) is 14.4 Å². The van der Waals surface area contributed by atoms with E-state index in [9.17, 15) is 9.18 Å². The summed E-state index contributed by atoms with van der Waals surface area (Å²) in [5.74, 6) is 0.710. The first-order valence-electron chi connectivity index (χ1n) is 9.52. The fraction of sp³-hybridized carbons (Fsp3) is 0.450. The van der Waals surface area contributed by atoms with Gasteiger partial charge in [0.15, 0.2) is 0 Å². The average Bonchev–Trinajstić information content (AvgIpc) is 2.75. The van der Waals surface area contributed by atoms with Crippen molar-refractivity contribution in [1.82, 2.24) is 14.9 Å². The summed E-state index contributed by atoms with van der Waals surface area (Å²) in [4.78, 5) is 27.9. The summed E-state index contributed by atoms with van der Waals surface area (Å²) in [5, 5.41) is 0. The number of benzene rings is 1. The zero-order chi connectivity index (χ0) is 18.6. The Morgan fingerprint density at radius 1 is 0.963 bits per heavy atom. The van der Waals surface area contributed by atoms with Crippen LogP contribution in [-0.2, 0) is 4.79 Å². The second-order valence-electron chi connectivity index (χ2n) is 7.12. The van der Waals surface area contributed by atoms with Gasteiger partial charge in [0.1, 0.15) is 5.82 Å². The van der Waals surface area contributed by atoms with Crippen LogP contribution in [0.4, 0.5) is 16.0 Å². The molecular weight excluding hydrogens is 345 g/mol. The number of rotatable bonds is 3. The van der Waals surface area contributed by atoms with Crippen LogP contribution in [0.5, 0.6) is 0 Å². The van der Waals surface area contributed by atoms with Crippen LogP contribution < -0.4 is 9.80 Å². The minimum absolute atomic E-state index is 0.0000673. The summed E-state index contributed by atoms with van der Waals surface area (Å²) in [6.45, 7) is 4.53. The van der Waals surface area contributed by atoms with Gasteiger partial charge in [0.2, 0.25) is 11.9 Å². The number of hydrogen-bond acceptors (Lipinski definition) is 5. The van der Waals surface area contributed by atoms with Crippen molar-refractivity contribution < 1.29 is 9.18 Å². The van der Waals surface area contributed by atoms with Crippen molar-refractivity contribution in [1.29, 1.82) is 0 Å². The lowest BCUT2D eigenvalue weighted by Crippen LogP contribution is -2.52. The summed E-state index contributed by atoms with van der Waals surface area (Å²) in [6, 6.07) is 8.36. The van der Waals surface area contributed by atoms with Crippen LogP contribution in [0.1, 0.15) is 12.8 Å². The molecule has 6 nitrogen and oxygen atoms in total. The lowest BCUT2D eigenvalue weighted by Gasteiger charge is -2.39. The molecule has 4 rings (SSSR count). The SMILES string of the molecule is O=C([C@H]1CCCN(c2ncccn2)C1)N1CCN(c2ccc(F)cc2)CC1. The Morgan fingerprint density at radius 2 is 1.67 bits per heavy atom. The average molecular weight is 369 g/mol. The zero-order valence-electron chi connectivity index (χ0n) is 15.3. The Morgan fingerprint density at radius 3 is 2.37 bits per heavy atom. The van der Waals surface area contributed by atoms with Gasteiger partial charge in [-0.15, -0.1) is 0 Å². The molecule has 0 saturated carbocycles. The Balaban J connectivity index is 1.34. The molecule has 0 aliphatic carbocycles. The second kappa shape index (κ2) is 7.90. The van der Waals surface area contributed by atoms with Crippen molar-refractivity contribution in [2.45, 2.75) is 12.8 Å². The van der Waals surface area contributed by atoms with Crippen LogP contribution in [0.3, 0.4) is 0 Å². The van der Waals surface area contributed by atoms with E-state index in [2.05, 4.69) is 19.8 Å². The number of piperidine rings is 1. The molecule has 0 radical (unpaired) electrons. The smallest absolute Gasteiger partial charge is 0.227 e. The fourth-order valence-electron chi connectivity index (χ4n) is 3.91. The summed E-state index contributed by atoms with van der Waals surface area (Å²) in [5.41, 5.74) is 1.01. The number of nitrogens with zero attached hydrogens (tertiary/aromatic N) is 5. The molecule has 27 heavy (non-hydrogen) atoms. The summed E-state index contributed by atoms with van der Waals surface area (Å²) >= 11 is 0.